The molecule has 82 valence electrons. The molecule has 0 spiro atoms. The molecule has 1 aromatic rings. The normalized spacial score (nSPS) is 12.1. The van der Waals surface area contributed by atoms with E-state index in [1.807, 2.05) is 0 Å². The molecule has 15 heavy (non-hydrogen) atoms. The Balaban J connectivity index is 2.73. The molecule has 0 aliphatic carbocycles. The second kappa shape index (κ2) is 4.63. The average Bonchev–Trinajstić information content (AvgIpc) is 2.22. The van der Waals surface area contributed by atoms with Crippen LogP contribution in [0.25, 0.3) is 0 Å². The summed E-state index contributed by atoms with van der Waals surface area (Å²) in [4.78, 5) is 14.2. The van der Waals surface area contributed by atoms with Gasteiger partial charge in [0, 0.05) is 0 Å². The van der Waals surface area contributed by atoms with Crippen LogP contribution in [0.1, 0.15) is 5.56 Å². The third-order valence-electron chi connectivity index (χ3n) is 1.89. The van der Waals surface area contributed by atoms with Crippen molar-refractivity contribution in [2.75, 3.05) is 0 Å². The summed E-state index contributed by atoms with van der Waals surface area (Å²) in [7, 11) is 0. The Labute approximate surface area is 85.5 Å². The SMILES string of the molecule is N[C@@H](Cc1ccc(O)c(O)c1)C(=O)OO. The average molecular weight is 213 g/mol. The standard InChI is InChI=1S/C9H11NO5/c10-6(9(13)15-14)3-5-1-2-7(11)8(12)4-5/h1-2,4,6,11-12,14H,3,10H2/t6-/m0/s1. The minimum Gasteiger partial charge on any atom is -0.504 e. The lowest BCUT2D eigenvalue weighted by Gasteiger charge is -2.08. The van der Waals surface area contributed by atoms with Crippen LogP contribution in [0.4, 0.5) is 0 Å². The number of hydrogen-bond acceptors (Lipinski definition) is 6. The van der Waals surface area contributed by atoms with Crippen molar-refractivity contribution >= 4 is 5.97 Å². The maximum Gasteiger partial charge on any atom is 0.358 e. The largest absolute Gasteiger partial charge is 0.504 e. The van der Waals surface area contributed by atoms with Crippen LogP contribution >= 0.6 is 0 Å². The second-order valence-electron chi connectivity index (χ2n) is 3.04. The molecule has 1 rings (SSSR count). The Morgan fingerprint density at radius 1 is 1.40 bits per heavy atom. The highest BCUT2D eigenvalue weighted by atomic mass is 17.1. The van der Waals surface area contributed by atoms with Crippen LogP contribution in [0.15, 0.2) is 18.2 Å². The van der Waals surface area contributed by atoms with Crippen LogP contribution in [0, 0.1) is 0 Å². The molecule has 0 bridgehead atoms. The summed E-state index contributed by atoms with van der Waals surface area (Å²) in [5.74, 6) is -1.50. The summed E-state index contributed by atoms with van der Waals surface area (Å²) < 4.78 is 0. The number of rotatable bonds is 3. The molecular formula is C9H11NO5. The highest BCUT2D eigenvalue weighted by molar-refractivity contribution is 5.75. The fourth-order valence-corrected chi connectivity index (χ4v) is 1.10. The van der Waals surface area contributed by atoms with Gasteiger partial charge in [0.05, 0.1) is 0 Å². The van der Waals surface area contributed by atoms with Crippen molar-refractivity contribution in [3.63, 3.8) is 0 Å². The molecular weight excluding hydrogens is 202 g/mol. The summed E-state index contributed by atoms with van der Waals surface area (Å²) in [6.07, 6.45) is 0.0905. The molecule has 6 heteroatoms. The number of phenolic OH excluding ortho intramolecular Hbond substituents is 2. The maximum atomic E-state index is 10.8. The van der Waals surface area contributed by atoms with Gasteiger partial charge < -0.3 is 15.9 Å². The van der Waals surface area contributed by atoms with Gasteiger partial charge in [0.15, 0.2) is 11.5 Å². The first-order valence-corrected chi connectivity index (χ1v) is 4.16. The number of carbonyl (C=O) groups excluding carboxylic acids is 1. The third-order valence-corrected chi connectivity index (χ3v) is 1.89. The highest BCUT2D eigenvalue weighted by Crippen LogP contribution is 2.25. The summed E-state index contributed by atoms with van der Waals surface area (Å²) in [5, 5.41) is 26.2. The Morgan fingerprint density at radius 2 is 2.07 bits per heavy atom. The Bertz CT molecular complexity index is 366. The highest BCUT2D eigenvalue weighted by Gasteiger charge is 2.16. The number of carbonyl (C=O) groups is 1. The number of hydrogen-bond donors (Lipinski definition) is 4. The van der Waals surface area contributed by atoms with Crippen molar-refractivity contribution in [3.05, 3.63) is 23.8 Å². The van der Waals surface area contributed by atoms with Crippen LogP contribution in [-0.4, -0.2) is 27.5 Å². The van der Waals surface area contributed by atoms with Gasteiger partial charge in [0.2, 0.25) is 0 Å². The summed E-state index contributed by atoms with van der Waals surface area (Å²) in [6.45, 7) is 0. The van der Waals surface area contributed by atoms with Gasteiger partial charge in [0.1, 0.15) is 6.04 Å². The number of aromatic hydroxyl groups is 2. The van der Waals surface area contributed by atoms with Gasteiger partial charge in [-0.15, -0.1) is 0 Å². The smallest absolute Gasteiger partial charge is 0.358 e. The predicted octanol–water partition coefficient (Wildman–Crippen LogP) is -0.0162. The zero-order valence-corrected chi connectivity index (χ0v) is 7.75. The molecule has 0 radical (unpaired) electrons. The first-order chi connectivity index (χ1) is 7.04. The van der Waals surface area contributed by atoms with Crippen molar-refractivity contribution in [2.45, 2.75) is 12.5 Å². The molecule has 0 unspecified atom stereocenters. The van der Waals surface area contributed by atoms with Gasteiger partial charge in [-0.1, -0.05) is 6.07 Å². The van der Waals surface area contributed by atoms with Crippen LogP contribution in [0.2, 0.25) is 0 Å². The Morgan fingerprint density at radius 3 is 2.60 bits per heavy atom. The van der Waals surface area contributed by atoms with Crippen LogP contribution in [-0.2, 0) is 16.1 Å². The van der Waals surface area contributed by atoms with E-state index in [0.29, 0.717) is 5.56 Å². The van der Waals surface area contributed by atoms with E-state index in [2.05, 4.69) is 4.89 Å². The van der Waals surface area contributed by atoms with Crippen molar-refractivity contribution in [1.82, 2.24) is 0 Å². The molecule has 5 N–H and O–H groups in total. The van der Waals surface area contributed by atoms with Crippen molar-refractivity contribution < 1.29 is 25.2 Å². The van der Waals surface area contributed by atoms with E-state index in [-0.39, 0.29) is 17.9 Å². The van der Waals surface area contributed by atoms with E-state index in [9.17, 15) is 4.79 Å². The fraction of sp³-hybridized carbons (Fsp3) is 0.222. The van der Waals surface area contributed by atoms with Gasteiger partial charge in [-0.25, -0.2) is 4.79 Å². The lowest BCUT2D eigenvalue weighted by atomic mass is 10.1. The minimum absolute atomic E-state index is 0.0905. The molecule has 0 aliphatic rings. The topological polar surface area (TPSA) is 113 Å². The van der Waals surface area contributed by atoms with E-state index >= 15 is 0 Å². The van der Waals surface area contributed by atoms with E-state index in [4.69, 9.17) is 21.2 Å². The number of phenols is 2. The third kappa shape index (κ3) is 2.83. The summed E-state index contributed by atoms with van der Waals surface area (Å²) >= 11 is 0. The van der Waals surface area contributed by atoms with Crippen molar-refractivity contribution in [3.8, 4) is 11.5 Å². The molecule has 0 saturated heterocycles. The van der Waals surface area contributed by atoms with Crippen molar-refractivity contribution in [2.24, 2.45) is 5.73 Å². The van der Waals surface area contributed by atoms with Gasteiger partial charge in [0.25, 0.3) is 0 Å². The van der Waals surface area contributed by atoms with Crippen LogP contribution in [0.3, 0.4) is 0 Å². The Hall–Kier alpha value is -1.79. The molecule has 0 aromatic heterocycles. The van der Waals surface area contributed by atoms with Crippen LogP contribution < -0.4 is 5.73 Å². The van der Waals surface area contributed by atoms with Gasteiger partial charge in [-0.2, -0.15) is 5.26 Å². The Kier molecular flexibility index (Phi) is 3.48. The van der Waals surface area contributed by atoms with E-state index in [0.717, 1.165) is 0 Å². The molecule has 1 aromatic carbocycles. The van der Waals surface area contributed by atoms with Gasteiger partial charge in [-0.05, 0) is 24.1 Å². The van der Waals surface area contributed by atoms with Crippen molar-refractivity contribution in [1.29, 1.82) is 0 Å². The molecule has 0 saturated carbocycles. The minimum atomic E-state index is -1.01. The second-order valence-corrected chi connectivity index (χ2v) is 3.04. The molecule has 0 fully saturated rings. The molecule has 0 aliphatic heterocycles. The fourth-order valence-electron chi connectivity index (χ4n) is 1.10. The quantitative estimate of drug-likeness (QED) is 0.319. The van der Waals surface area contributed by atoms with Gasteiger partial charge in [-0.3, -0.25) is 4.89 Å². The first kappa shape index (κ1) is 11.3. The predicted molar refractivity (Wildman–Crippen MR) is 50.2 cm³/mol. The number of nitrogens with two attached hydrogens (primary N) is 1. The van der Waals surface area contributed by atoms with E-state index in [1.165, 1.54) is 18.2 Å². The molecule has 1 atom stereocenters. The first-order valence-electron chi connectivity index (χ1n) is 4.16. The van der Waals surface area contributed by atoms with E-state index in [1.54, 1.807) is 0 Å². The lowest BCUT2D eigenvalue weighted by Crippen LogP contribution is -2.33. The molecule has 0 amide bonds. The van der Waals surface area contributed by atoms with E-state index < -0.39 is 12.0 Å². The monoisotopic (exact) mass is 213 g/mol. The molecule has 6 nitrogen and oxygen atoms in total. The van der Waals surface area contributed by atoms with Gasteiger partial charge >= 0.3 is 5.97 Å². The number of benzene rings is 1. The maximum absolute atomic E-state index is 10.8. The zero-order chi connectivity index (χ0) is 11.4. The zero-order valence-electron chi connectivity index (χ0n) is 7.75. The summed E-state index contributed by atoms with van der Waals surface area (Å²) in [5.41, 5.74) is 5.91. The lowest BCUT2D eigenvalue weighted by molar-refractivity contribution is -0.235. The molecule has 0 heterocycles. The summed E-state index contributed by atoms with van der Waals surface area (Å²) in [6, 6.07) is 3.04. The van der Waals surface area contributed by atoms with Crippen LogP contribution in [0.5, 0.6) is 11.5 Å².